The van der Waals surface area contributed by atoms with Crippen molar-refractivity contribution in [3.63, 3.8) is 0 Å². The number of carbonyl (C=O) groups excluding carboxylic acids is 2. The van der Waals surface area contributed by atoms with Crippen molar-refractivity contribution in [2.75, 3.05) is 11.9 Å². The number of fused-ring (bicyclic) bond motifs is 1. The fourth-order valence-electron chi connectivity index (χ4n) is 3.67. The lowest BCUT2D eigenvalue weighted by molar-refractivity contribution is -0.112. The van der Waals surface area contributed by atoms with Crippen molar-refractivity contribution in [3.05, 3.63) is 89.0 Å². The van der Waals surface area contributed by atoms with Crippen LogP contribution in [0.1, 0.15) is 23.0 Å². The summed E-state index contributed by atoms with van der Waals surface area (Å²) in [5.41, 5.74) is 2.41. The standard InChI is InChI=1S/C28H19N3O4S2/c1-2-34-28(33)24-20(17-8-4-3-5-9-17)16-36-27(24)31-25(32)18(15-29)14-19-12-13-22(35-19)26-30-21-10-6-7-11-23(21)37-26/h3-14,16H,2H2,1H3,(H,31,32). The molecule has 0 atom stereocenters. The monoisotopic (exact) mass is 525 g/mol. The number of carbonyl (C=O) groups is 2. The van der Waals surface area contributed by atoms with E-state index in [0.717, 1.165) is 15.8 Å². The molecule has 5 aromatic rings. The number of nitriles is 1. The topological polar surface area (TPSA) is 105 Å². The summed E-state index contributed by atoms with van der Waals surface area (Å²) >= 11 is 2.68. The Kier molecular flexibility index (Phi) is 6.94. The molecule has 5 rings (SSSR count). The number of rotatable bonds is 7. The third kappa shape index (κ3) is 5.07. The molecule has 0 aliphatic carbocycles. The molecule has 3 aromatic heterocycles. The van der Waals surface area contributed by atoms with Crippen LogP contribution < -0.4 is 5.32 Å². The highest BCUT2D eigenvalue weighted by atomic mass is 32.1. The molecular weight excluding hydrogens is 506 g/mol. The highest BCUT2D eigenvalue weighted by Gasteiger charge is 2.24. The summed E-state index contributed by atoms with van der Waals surface area (Å²) in [5.74, 6) is -0.331. The maximum Gasteiger partial charge on any atom is 0.341 e. The summed E-state index contributed by atoms with van der Waals surface area (Å²) in [6.07, 6.45) is 1.36. The Hall–Kier alpha value is -4.52. The molecule has 182 valence electrons. The number of aromatic nitrogens is 1. The van der Waals surface area contributed by atoms with Crippen molar-refractivity contribution < 1.29 is 18.7 Å². The number of thiophene rings is 1. The first-order chi connectivity index (χ1) is 18.1. The van der Waals surface area contributed by atoms with Gasteiger partial charge in [-0.25, -0.2) is 9.78 Å². The minimum Gasteiger partial charge on any atom is -0.462 e. The summed E-state index contributed by atoms with van der Waals surface area (Å²) in [4.78, 5) is 30.4. The van der Waals surface area contributed by atoms with E-state index in [2.05, 4.69) is 10.3 Å². The zero-order chi connectivity index (χ0) is 25.8. The zero-order valence-electron chi connectivity index (χ0n) is 19.6. The van der Waals surface area contributed by atoms with E-state index in [-0.39, 0.29) is 17.7 Å². The fourth-order valence-corrected chi connectivity index (χ4v) is 5.55. The molecule has 0 saturated carbocycles. The normalized spacial score (nSPS) is 11.3. The number of benzene rings is 2. The number of esters is 1. The minimum atomic E-state index is -0.660. The largest absolute Gasteiger partial charge is 0.462 e. The maximum atomic E-state index is 13.0. The van der Waals surface area contributed by atoms with E-state index in [0.29, 0.717) is 27.1 Å². The van der Waals surface area contributed by atoms with Crippen molar-refractivity contribution in [3.8, 4) is 28.0 Å². The minimum absolute atomic E-state index is 0.172. The summed E-state index contributed by atoms with van der Waals surface area (Å²) in [7, 11) is 0. The Labute approximate surface area is 220 Å². The van der Waals surface area contributed by atoms with Crippen molar-refractivity contribution in [2.45, 2.75) is 6.92 Å². The number of nitrogens with zero attached hydrogens (tertiary/aromatic N) is 2. The molecule has 0 aliphatic rings. The van der Waals surface area contributed by atoms with Gasteiger partial charge >= 0.3 is 5.97 Å². The van der Waals surface area contributed by atoms with E-state index in [9.17, 15) is 14.9 Å². The van der Waals surface area contributed by atoms with Gasteiger partial charge in [-0.15, -0.1) is 22.7 Å². The quantitative estimate of drug-likeness (QED) is 0.139. The van der Waals surface area contributed by atoms with Gasteiger partial charge in [0.2, 0.25) is 0 Å². The van der Waals surface area contributed by atoms with E-state index >= 15 is 0 Å². The molecule has 0 radical (unpaired) electrons. The van der Waals surface area contributed by atoms with Crippen LogP contribution in [0, 0.1) is 11.3 Å². The van der Waals surface area contributed by atoms with Crippen molar-refractivity contribution in [2.24, 2.45) is 0 Å². The van der Waals surface area contributed by atoms with Gasteiger partial charge in [0, 0.05) is 17.0 Å². The van der Waals surface area contributed by atoms with Gasteiger partial charge in [0.15, 0.2) is 10.8 Å². The summed E-state index contributed by atoms with van der Waals surface area (Å²) < 4.78 is 12.1. The first-order valence-corrected chi connectivity index (χ1v) is 13.0. The number of furan rings is 1. The third-order valence-corrected chi connectivity index (χ3v) is 7.31. The van der Waals surface area contributed by atoms with Crippen LogP contribution >= 0.6 is 22.7 Å². The molecule has 1 amide bonds. The predicted octanol–water partition coefficient (Wildman–Crippen LogP) is 7.01. The van der Waals surface area contributed by atoms with E-state index in [1.807, 2.05) is 60.7 Å². The molecule has 0 saturated heterocycles. The third-order valence-electron chi connectivity index (χ3n) is 5.37. The van der Waals surface area contributed by atoms with Gasteiger partial charge in [-0.1, -0.05) is 42.5 Å². The second-order valence-corrected chi connectivity index (χ2v) is 9.66. The number of nitrogens with one attached hydrogen (secondary N) is 1. The van der Waals surface area contributed by atoms with Gasteiger partial charge in [-0.2, -0.15) is 5.26 Å². The molecule has 0 fully saturated rings. The Morgan fingerprint density at radius 3 is 2.65 bits per heavy atom. The maximum absolute atomic E-state index is 13.0. The van der Waals surface area contributed by atoms with E-state index in [1.165, 1.54) is 28.7 Å². The molecule has 1 N–H and O–H groups in total. The van der Waals surface area contributed by atoms with Crippen LogP contribution in [-0.4, -0.2) is 23.5 Å². The fraction of sp³-hybridized carbons (Fsp3) is 0.0714. The number of amides is 1. The Morgan fingerprint density at radius 1 is 1.11 bits per heavy atom. The van der Waals surface area contributed by atoms with Crippen LogP contribution in [0.2, 0.25) is 0 Å². The molecule has 9 heteroatoms. The van der Waals surface area contributed by atoms with E-state index in [4.69, 9.17) is 9.15 Å². The summed E-state index contributed by atoms with van der Waals surface area (Å²) in [6, 6.07) is 22.5. The van der Waals surface area contributed by atoms with Crippen molar-refractivity contribution >= 4 is 55.8 Å². The van der Waals surface area contributed by atoms with E-state index < -0.39 is 11.9 Å². The van der Waals surface area contributed by atoms with Gasteiger partial charge in [-0.3, -0.25) is 4.79 Å². The van der Waals surface area contributed by atoms with Gasteiger partial charge in [0.25, 0.3) is 5.91 Å². The molecule has 0 aliphatic heterocycles. The van der Waals surface area contributed by atoms with Crippen LogP contribution in [0.25, 0.3) is 38.2 Å². The average molecular weight is 526 g/mol. The van der Waals surface area contributed by atoms with Gasteiger partial charge in [-0.05, 0) is 36.8 Å². The lowest BCUT2D eigenvalue weighted by atomic mass is 10.0. The molecule has 0 spiro atoms. The molecule has 2 aromatic carbocycles. The van der Waals surface area contributed by atoms with Crippen LogP contribution in [0.15, 0.2) is 82.1 Å². The molecular formula is C28H19N3O4S2. The lowest BCUT2D eigenvalue weighted by Gasteiger charge is -2.08. The van der Waals surface area contributed by atoms with Crippen LogP contribution in [0.4, 0.5) is 5.00 Å². The molecule has 37 heavy (non-hydrogen) atoms. The lowest BCUT2D eigenvalue weighted by Crippen LogP contribution is -2.16. The number of hydrogen-bond donors (Lipinski definition) is 1. The number of thiazole rings is 1. The summed E-state index contributed by atoms with van der Waals surface area (Å²) in [6.45, 7) is 1.91. The van der Waals surface area contributed by atoms with Crippen LogP contribution in [0.5, 0.6) is 0 Å². The smallest absolute Gasteiger partial charge is 0.341 e. The van der Waals surface area contributed by atoms with Crippen LogP contribution in [-0.2, 0) is 9.53 Å². The van der Waals surface area contributed by atoms with Gasteiger partial charge < -0.3 is 14.5 Å². The Bertz CT molecular complexity index is 1640. The zero-order valence-corrected chi connectivity index (χ0v) is 21.2. The highest BCUT2D eigenvalue weighted by molar-refractivity contribution is 7.21. The first-order valence-electron chi connectivity index (χ1n) is 11.3. The second kappa shape index (κ2) is 10.6. The van der Waals surface area contributed by atoms with Crippen molar-refractivity contribution in [1.82, 2.24) is 4.98 Å². The number of ether oxygens (including phenoxy) is 1. The molecule has 3 heterocycles. The molecule has 0 bridgehead atoms. The van der Waals surface area contributed by atoms with E-state index in [1.54, 1.807) is 24.4 Å². The Morgan fingerprint density at radius 2 is 1.89 bits per heavy atom. The number of para-hydroxylation sites is 1. The number of anilines is 1. The highest BCUT2D eigenvalue weighted by Crippen LogP contribution is 2.37. The van der Waals surface area contributed by atoms with Gasteiger partial charge in [0.05, 0.1) is 16.8 Å². The Balaban J connectivity index is 1.41. The second-order valence-electron chi connectivity index (χ2n) is 7.75. The first kappa shape index (κ1) is 24.2. The van der Waals surface area contributed by atoms with Crippen molar-refractivity contribution in [1.29, 1.82) is 5.26 Å². The average Bonchev–Trinajstić information content (AvgIpc) is 3.66. The number of hydrogen-bond acceptors (Lipinski definition) is 8. The molecule has 7 nitrogen and oxygen atoms in total. The van der Waals surface area contributed by atoms with Crippen LogP contribution in [0.3, 0.4) is 0 Å². The molecule has 0 unspecified atom stereocenters. The predicted molar refractivity (Wildman–Crippen MR) is 145 cm³/mol. The summed E-state index contributed by atoms with van der Waals surface area (Å²) in [5, 5.41) is 15.2. The SMILES string of the molecule is CCOC(=O)c1c(-c2ccccc2)csc1NC(=O)C(C#N)=Cc1ccc(-c2nc3ccccc3s2)o1. The van der Waals surface area contributed by atoms with Gasteiger partial charge in [0.1, 0.15) is 28.0 Å².